The van der Waals surface area contributed by atoms with Crippen LogP contribution < -0.4 is 14.7 Å². The van der Waals surface area contributed by atoms with Crippen molar-refractivity contribution in [1.29, 1.82) is 0 Å². The monoisotopic (exact) mass is 131 g/mol. The van der Waals surface area contributed by atoms with Gasteiger partial charge < -0.3 is 23.3 Å². The minimum Gasteiger partial charge on any atom is -0.854 e. The van der Waals surface area contributed by atoms with E-state index in [0.29, 0.717) is 0 Å². The summed E-state index contributed by atoms with van der Waals surface area (Å²) in [6.07, 6.45) is 0. The van der Waals surface area contributed by atoms with E-state index in [4.69, 9.17) is 14.7 Å². The van der Waals surface area contributed by atoms with Crippen LogP contribution in [-0.4, -0.2) is 0 Å². The average molecular weight is 131 g/mol. The molecule has 0 aliphatic rings. The van der Waals surface area contributed by atoms with E-state index in [9.17, 15) is 0 Å². The van der Waals surface area contributed by atoms with E-state index in [-0.39, 0.29) is 17.4 Å². The van der Waals surface area contributed by atoms with Crippen molar-refractivity contribution in [2.45, 2.75) is 0 Å². The zero-order chi connectivity index (χ0) is 3.58. The molecule has 0 aliphatic heterocycles. The van der Waals surface area contributed by atoms with Gasteiger partial charge in [-0.1, -0.05) is 0 Å². The molecule has 0 spiro atoms. The molecule has 5 heavy (non-hydrogen) atoms. The van der Waals surface area contributed by atoms with Gasteiger partial charge in [-0.05, 0) is 0 Å². The molecule has 5 heteroatoms. The summed E-state index contributed by atoms with van der Waals surface area (Å²) in [6.45, 7) is 0. The molecule has 0 bridgehead atoms. The molecule has 0 rings (SSSR count). The molecule has 0 saturated carbocycles. The molecule has 0 aliphatic carbocycles. The van der Waals surface area contributed by atoms with Crippen molar-refractivity contribution < 1.29 is 32.0 Å². The Morgan fingerprint density at radius 1 is 1.00 bits per heavy atom. The maximum atomic E-state index is 8.48. The van der Waals surface area contributed by atoms with Crippen LogP contribution >= 0.6 is 8.60 Å². The summed E-state index contributed by atoms with van der Waals surface area (Å²) < 4.78 is 0. The minimum absolute atomic E-state index is 0. The van der Waals surface area contributed by atoms with Gasteiger partial charge in [-0.3, -0.25) is 0 Å². The summed E-state index contributed by atoms with van der Waals surface area (Å²) in [6, 6.07) is 0. The molecular weight excluding hydrogens is 131 g/mol. The molecule has 0 amide bonds. The largest absolute Gasteiger partial charge is 3.00 e. The summed E-state index contributed by atoms with van der Waals surface area (Å²) in [5.74, 6) is 0. The topological polar surface area (TPSA) is 69.2 Å². The Hall–Kier alpha value is 0.842. The van der Waals surface area contributed by atoms with Gasteiger partial charge in [-0.2, -0.15) is 0 Å². The average Bonchev–Trinajstić information content (AvgIpc) is 0.811. The number of rotatable bonds is 0. The summed E-state index contributed by atoms with van der Waals surface area (Å²) >= 11 is 0. The van der Waals surface area contributed by atoms with Crippen molar-refractivity contribution in [1.82, 2.24) is 0 Å². The summed E-state index contributed by atoms with van der Waals surface area (Å²) in [4.78, 5) is 25.4. The molecule has 0 aromatic heterocycles. The second kappa shape index (κ2) is 4.84. The summed E-state index contributed by atoms with van der Waals surface area (Å²) in [5.41, 5.74) is 0. The fourth-order valence-corrected chi connectivity index (χ4v) is 0. The van der Waals surface area contributed by atoms with Crippen molar-refractivity contribution >= 4 is 8.60 Å². The zero-order valence-corrected chi connectivity index (χ0v) is 4.25. The van der Waals surface area contributed by atoms with E-state index in [1.807, 2.05) is 0 Å². The van der Waals surface area contributed by atoms with Crippen LogP contribution in [-0.2, 0) is 17.4 Å². The maximum Gasteiger partial charge on any atom is 3.00 e. The Balaban J connectivity index is 0. The van der Waals surface area contributed by atoms with E-state index in [1.54, 1.807) is 0 Å². The van der Waals surface area contributed by atoms with Gasteiger partial charge in [0.2, 0.25) is 0 Å². The first-order chi connectivity index (χ1) is 1.73. The van der Waals surface area contributed by atoms with Gasteiger partial charge in [0.15, 0.2) is 0 Å². The van der Waals surface area contributed by atoms with Crippen molar-refractivity contribution in [3.05, 3.63) is 0 Å². The quantitative estimate of drug-likeness (QED) is 0.335. The number of hydrogen-bond acceptors (Lipinski definition) is 3. The molecule has 0 unspecified atom stereocenters. The fourth-order valence-electron chi connectivity index (χ4n) is 0. The van der Waals surface area contributed by atoms with Gasteiger partial charge in [0.1, 0.15) is 0 Å². The minimum atomic E-state index is -3.37. The van der Waals surface area contributed by atoms with Crippen molar-refractivity contribution in [3.63, 3.8) is 0 Å². The predicted molar refractivity (Wildman–Crippen MR) is 6.92 cm³/mol. The number of hydrogen-bond donors (Lipinski definition) is 0. The van der Waals surface area contributed by atoms with Crippen LogP contribution in [0.5, 0.6) is 0 Å². The first-order valence-corrected chi connectivity index (χ1v) is 1.64. The smallest absolute Gasteiger partial charge is 0.854 e. The van der Waals surface area contributed by atoms with Crippen LogP contribution in [0.15, 0.2) is 0 Å². The van der Waals surface area contributed by atoms with Gasteiger partial charge in [0.25, 0.3) is 0 Å². The van der Waals surface area contributed by atoms with Gasteiger partial charge >= 0.3 is 17.4 Å². The second-order valence-corrected chi connectivity index (χ2v) is 0.671. The third-order valence-corrected chi connectivity index (χ3v) is 0. The van der Waals surface area contributed by atoms with E-state index >= 15 is 0 Å². The molecule has 0 aromatic rings. The van der Waals surface area contributed by atoms with Crippen LogP contribution in [0, 0.1) is 0 Å². The van der Waals surface area contributed by atoms with Gasteiger partial charge in [0.05, 0.1) is 0 Å². The van der Waals surface area contributed by atoms with Crippen LogP contribution in [0.1, 0.15) is 0 Å². The van der Waals surface area contributed by atoms with Gasteiger partial charge in [-0.15, -0.1) is 0 Å². The Morgan fingerprint density at radius 2 is 1.00 bits per heavy atom. The van der Waals surface area contributed by atoms with Crippen molar-refractivity contribution in [2.75, 3.05) is 0 Å². The first kappa shape index (κ1) is 9.28. The molecule has 0 fully saturated rings. The van der Waals surface area contributed by atoms with Crippen molar-refractivity contribution in [3.8, 4) is 0 Å². The van der Waals surface area contributed by atoms with Gasteiger partial charge in [-0.25, -0.2) is 0 Å². The molecule has 0 atom stereocenters. The maximum absolute atomic E-state index is 8.48. The Bertz CT molecular complexity index is 11.6. The van der Waals surface area contributed by atoms with E-state index in [0.717, 1.165) is 0 Å². The summed E-state index contributed by atoms with van der Waals surface area (Å²) in [7, 11) is -3.37. The van der Waals surface area contributed by atoms with E-state index in [2.05, 4.69) is 0 Å². The molecule has 0 aromatic carbocycles. The third-order valence-electron chi connectivity index (χ3n) is 0. The van der Waals surface area contributed by atoms with Crippen LogP contribution in [0.4, 0.5) is 0 Å². The zero-order valence-electron chi connectivity index (χ0n) is 2.08. The second-order valence-electron chi connectivity index (χ2n) is 0.224. The molecule has 29 valence electrons. The predicted octanol–water partition coefficient (Wildman–Crippen LogP) is -2.71. The van der Waals surface area contributed by atoms with Crippen LogP contribution in [0.25, 0.3) is 0 Å². The Morgan fingerprint density at radius 3 is 1.00 bits per heavy atom. The molecule has 3 nitrogen and oxygen atoms in total. The normalized spacial score (nSPS) is 7.20. The molecule has 0 N–H and O–H groups in total. The van der Waals surface area contributed by atoms with E-state index < -0.39 is 8.60 Å². The SMILES string of the molecule is [Cr+3].[O-]P([O-])[O-]. The molecule has 0 saturated heterocycles. The molecule has 0 heterocycles. The summed E-state index contributed by atoms with van der Waals surface area (Å²) in [5, 5.41) is 0. The van der Waals surface area contributed by atoms with E-state index in [1.165, 1.54) is 0 Å². The molecular formula is CrO3P. The molecule has 1 radical (unpaired) electrons. The fraction of sp³-hybridized carbons (Fsp3) is 0. The van der Waals surface area contributed by atoms with Crippen LogP contribution in [0.3, 0.4) is 0 Å². The first-order valence-electron chi connectivity index (χ1n) is 0.548. The Labute approximate surface area is 41.4 Å². The Kier molecular flexibility index (Phi) is 8.99. The van der Waals surface area contributed by atoms with Crippen molar-refractivity contribution in [2.24, 2.45) is 0 Å². The van der Waals surface area contributed by atoms with Gasteiger partial charge in [0, 0.05) is 0 Å². The van der Waals surface area contributed by atoms with Crippen LogP contribution in [0.2, 0.25) is 0 Å². The third kappa shape index (κ3) is 55.1. The standard InChI is InChI=1S/Cr.O3P/c;1-4(2)3/q+3;-3.